The highest BCUT2D eigenvalue weighted by Gasteiger charge is 2.28. The summed E-state index contributed by atoms with van der Waals surface area (Å²) in [5.41, 5.74) is 2.94. The van der Waals surface area contributed by atoms with Crippen molar-refractivity contribution in [2.24, 2.45) is 0 Å². The second-order valence-electron chi connectivity index (χ2n) is 9.91. The van der Waals surface area contributed by atoms with E-state index in [1.165, 1.54) is 11.9 Å². The number of hydrogen-bond donors (Lipinski definition) is 1. The molecule has 4 atom stereocenters. The molecular weight excluding hydrogens is 491 g/mol. The summed E-state index contributed by atoms with van der Waals surface area (Å²) in [7, 11) is 0. The molecule has 4 unspecified atom stereocenters. The maximum absolute atomic E-state index is 14.0. The highest BCUT2D eigenvalue weighted by atomic mass is 32.2. The van der Waals surface area contributed by atoms with Crippen molar-refractivity contribution >= 4 is 34.6 Å². The molecule has 37 heavy (non-hydrogen) atoms. The number of pyridine rings is 3. The minimum atomic E-state index is -0.935. The topological polar surface area (TPSA) is 83.5 Å². The van der Waals surface area contributed by atoms with E-state index < -0.39 is 6.17 Å². The van der Waals surface area contributed by atoms with Crippen LogP contribution in [0.1, 0.15) is 26.0 Å². The zero-order valence-corrected chi connectivity index (χ0v) is 22.2. The largest absolute Gasteiger partial charge is 0.372 e. The molecule has 5 rings (SSSR count). The Kier molecular flexibility index (Phi) is 7.87. The standard InChI is InChI=1S/C27H33FN6O2S/c1-17-13-33(14-18(2)36-17)26-6-4-5-23(32-26)24-8-7-19-12-29-21(10-25(19)31-24)11-27(35)30-22-9-20(28)15-34(16-22)37-3/h4-8,10,12,17-18,20,22H,9,11,13-16H2,1-3H3,(H,30,35). The molecule has 1 amide bonds. The van der Waals surface area contributed by atoms with E-state index in [0.717, 1.165) is 41.2 Å². The fourth-order valence-electron chi connectivity index (χ4n) is 5.10. The second kappa shape index (κ2) is 11.3. The molecule has 0 radical (unpaired) electrons. The van der Waals surface area contributed by atoms with Gasteiger partial charge in [-0.2, -0.15) is 0 Å². The molecule has 2 aliphatic heterocycles. The predicted molar refractivity (Wildman–Crippen MR) is 145 cm³/mol. The number of morpholine rings is 1. The monoisotopic (exact) mass is 524 g/mol. The van der Waals surface area contributed by atoms with Crippen molar-refractivity contribution in [3.8, 4) is 11.4 Å². The Morgan fingerprint density at radius 1 is 1.11 bits per heavy atom. The van der Waals surface area contributed by atoms with Gasteiger partial charge >= 0.3 is 0 Å². The second-order valence-corrected chi connectivity index (χ2v) is 10.8. The van der Waals surface area contributed by atoms with Gasteiger partial charge in [0.1, 0.15) is 12.0 Å². The molecular formula is C27H33FN6O2S. The van der Waals surface area contributed by atoms with E-state index in [1.807, 2.05) is 47.0 Å². The summed E-state index contributed by atoms with van der Waals surface area (Å²) in [5.74, 6) is 0.748. The highest BCUT2D eigenvalue weighted by molar-refractivity contribution is 7.96. The fourth-order valence-corrected chi connectivity index (χ4v) is 5.74. The van der Waals surface area contributed by atoms with Crippen LogP contribution in [-0.2, 0) is 16.0 Å². The van der Waals surface area contributed by atoms with Crippen LogP contribution in [0.15, 0.2) is 42.6 Å². The van der Waals surface area contributed by atoms with Gasteiger partial charge in [0.15, 0.2) is 0 Å². The number of nitrogens with one attached hydrogen (secondary N) is 1. The van der Waals surface area contributed by atoms with Crippen LogP contribution >= 0.6 is 11.9 Å². The van der Waals surface area contributed by atoms with E-state index in [9.17, 15) is 9.18 Å². The summed E-state index contributed by atoms with van der Waals surface area (Å²) < 4.78 is 21.8. The maximum atomic E-state index is 14.0. The molecule has 0 saturated carbocycles. The number of carbonyl (C=O) groups excluding carboxylic acids is 1. The lowest BCUT2D eigenvalue weighted by Gasteiger charge is -2.36. The van der Waals surface area contributed by atoms with E-state index in [1.54, 1.807) is 6.20 Å². The number of halogens is 1. The Morgan fingerprint density at radius 3 is 2.68 bits per heavy atom. The Morgan fingerprint density at radius 2 is 1.89 bits per heavy atom. The number of amides is 1. The van der Waals surface area contributed by atoms with Gasteiger partial charge in [0.05, 0.1) is 41.2 Å². The van der Waals surface area contributed by atoms with Crippen LogP contribution in [-0.4, -0.2) is 82.0 Å². The van der Waals surface area contributed by atoms with E-state index in [0.29, 0.717) is 25.2 Å². The normalized spacial score (nSPS) is 24.8. The summed E-state index contributed by atoms with van der Waals surface area (Å²) in [6, 6.07) is 11.5. The van der Waals surface area contributed by atoms with E-state index in [-0.39, 0.29) is 30.6 Å². The lowest BCUT2D eigenvalue weighted by molar-refractivity contribution is -0.121. The van der Waals surface area contributed by atoms with Gasteiger partial charge in [-0.3, -0.25) is 9.78 Å². The number of fused-ring (bicyclic) bond motifs is 1. The number of nitrogens with zero attached hydrogens (tertiary/aromatic N) is 5. The third-order valence-corrected chi connectivity index (χ3v) is 7.52. The van der Waals surface area contributed by atoms with E-state index >= 15 is 0 Å². The first kappa shape index (κ1) is 25.8. The molecule has 0 aromatic carbocycles. The van der Waals surface area contributed by atoms with Gasteiger partial charge in [-0.05, 0) is 50.4 Å². The minimum absolute atomic E-state index is 0.121. The molecule has 2 saturated heterocycles. The Balaban J connectivity index is 1.30. The van der Waals surface area contributed by atoms with Gasteiger partial charge in [0, 0.05) is 50.2 Å². The van der Waals surface area contributed by atoms with E-state index in [2.05, 4.69) is 29.0 Å². The minimum Gasteiger partial charge on any atom is -0.372 e. The van der Waals surface area contributed by atoms with Crippen molar-refractivity contribution in [1.29, 1.82) is 0 Å². The number of ether oxygens (including phenoxy) is 1. The van der Waals surface area contributed by atoms with Crippen LogP contribution in [0.2, 0.25) is 0 Å². The molecule has 2 fully saturated rings. The van der Waals surface area contributed by atoms with Crippen LogP contribution in [0.3, 0.4) is 0 Å². The molecule has 8 nitrogen and oxygen atoms in total. The number of piperidine rings is 1. The van der Waals surface area contributed by atoms with Crippen molar-refractivity contribution in [2.45, 2.75) is 51.1 Å². The summed E-state index contributed by atoms with van der Waals surface area (Å²) in [6.45, 7) is 6.79. The van der Waals surface area contributed by atoms with Gasteiger partial charge in [-0.15, -0.1) is 0 Å². The highest BCUT2D eigenvalue weighted by Crippen LogP contribution is 2.24. The summed E-state index contributed by atoms with van der Waals surface area (Å²) in [6.07, 6.45) is 3.49. The zero-order chi connectivity index (χ0) is 25.9. The van der Waals surface area contributed by atoms with Gasteiger partial charge in [-0.25, -0.2) is 18.7 Å². The molecule has 2 aliphatic rings. The molecule has 3 aromatic rings. The molecule has 5 heterocycles. The van der Waals surface area contributed by atoms with Crippen LogP contribution < -0.4 is 10.2 Å². The SMILES string of the molecule is CSN1CC(F)CC(NC(=O)Cc2cc3nc(-c4cccc(N5CC(C)OC(C)C5)n4)ccc3cn2)C1. The molecule has 3 aromatic heterocycles. The lowest BCUT2D eigenvalue weighted by Crippen LogP contribution is -2.49. The summed E-state index contributed by atoms with van der Waals surface area (Å²) >= 11 is 1.50. The van der Waals surface area contributed by atoms with Crippen LogP contribution in [0, 0.1) is 0 Å². The Bertz CT molecular complexity index is 1250. The first-order chi connectivity index (χ1) is 17.9. The van der Waals surface area contributed by atoms with Crippen molar-refractivity contribution in [1.82, 2.24) is 24.6 Å². The number of hydrogen-bond acceptors (Lipinski definition) is 8. The summed E-state index contributed by atoms with van der Waals surface area (Å²) in [4.78, 5) is 29.1. The first-order valence-corrected chi connectivity index (χ1v) is 13.9. The van der Waals surface area contributed by atoms with Crippen molar-refractivity contribution in [2.75, 3.05) is 37.3 Å². The number of aromatic nitrogens is 3. The molecule has 10 heteroatoms. The van der Waals surface area contributed by atoms with Gasteiger partial charge < -0.3 is 15.0 Å². The fraction of sp³-hybridized carbons (Fsp3) is 0.481. The van der Waals surface area contributed by atoms with Gasteiger partial charge in [-0.1, -0.05) is 18.0 Å². The average molecular weight is 525 g/mol. The first-order valence-electron chi connectivity index (χ1n) is 12.7. The smallest absolute Gasteiger partial charge is 0.226 e. The third-order valence-electron chi connectivity index (χ3n) is 6.70. The van der Waals surface area contributed by atoms with Gasteiger partial charge in [0.25, 0.3) is 0 Å². The predicted octanol–water partition coefficient (Wildman–Crippen LogP) is 3.65. The third kappa shape index (κ3) is 6.37. The molecule has 196 valence electrons. The number of anilines is 1. The Hall–Kier alpha value is -2.82. The van der Waals surface area contributed by atoms with Gasteiger partial charge in [0.2, 0.25) is 5.91 Å². The van der Waals surface area contributed by atoms with Crippen LogP contribution in [0.25, 0.3) is 22.3 Å². The maximum Gasteiger partial charge on any atom is 0.226 e. The van der Waals surface area contributed by atoms with E-state index in [4.69, 9.17) is 14.7 Å². The summed E-state index contributed by atoms with van der Waals surface area (Å²) in [5, 5.41) is 3.86. The van der Waals surface area contributed by atoms with Crippen molar-refractivity contribution in [3.05, 3.63) is 48.3 Å². The quantitative estimate of drug-likeness (QED) is 0.490. The zero-order valence-electron chi connectivity index (χ0n) is 21.4. The lowest BCUT2D eigenvalue weighted by atomic mass is 10.1. The molecule has 1 N–H and O–H groups in total. The van der Waals surface area contributed by atoms with Crippen LogP contribution in [0.5, 0.6) is 0 Å². The number of alkyl halides is 1. The number of carbonyl (C=O) groups is 1. The van der Waals surface area contributed by atoms with Crippen molar-refractivity contribution in [3.63, 3.8) is 0 Å². The van der Waals surface area contributed by atoms with Crippen LogP contribution in [0.4, 0.5) is 10.2 Å². The number of rotatable bonds is 6. The molecule has 0 aliphatic carbocycles. The average Bonchev–Trinajstić information content (AvgIpc) is 2.87. The Labute approximate surface area is 221 Å². The molecule has 0 spiro atoms. The van der Waals surface area contributed by atoms with Crippen molar-refractivity contribution < 1.29 is 13.9 Å². The molecule has 0 bridgehead atoms.